The van der Waals surface area contributed by atoms with E-state index in [9.17, 15) is 0 Å². The minimum atomic E-state index is 0.669. The van der Waals surface area contributed by atoms with E-state index in [2.05, 4.69) is 21.2 Å². The van der Waals surface area contributed by atoms with Gasteiger partial charge in [0.2, 0.25) is 0 Å². The van der Waals surface area contributed by atoms with E-state index in [0.717, 1.165) is 27.4 Å². The monoisotopic (exact) mass is 339 g/mol. The van der Waals surface area contributed by atoms with Gasteiger partial charge in [-0.1, -0.05) is 11.6 Å². The van der Waals surface area contributed by atoms with Gasteiger partial charge in [0.25, 0.3) is 0 Å². The van der Waals surface area contributed by atoms with Crippen molar-refractivity contribution in [2.75, 3.05) is 0 Å². The topological polar surface area (TPSA) is 25.2 Å². The lowest BCUT2D eigenvalue weighted by Crippen LogP contribution is -2.15. The van der Waals surface area contributed by atoms with Gasteiger partial charge in [0.15, 0.2) is 0 Å². The van der Waals surface area contributed by atoms with Crippen molar-refractivity contribution in [3.8, 4) is 0 Å². The van der Waals surface area contributed by atoms with E-state index >= 15 is 0 Å². The van der Waals surface area contributed by atoms with Crippen LogP contribution < -0.4 is 5.32 Å². The number of hydrogen-bond donors (Lipinski definition) is 1. The first-order chi connectivity index (χ1) is 9.22. The normalized spacial score (nSPS) is 19.3. The third kappa shape index (κ3) is 2.32. The van der Waals surface area contributed by atoms with E-state index in [1.165, 1.54) is 36.6 Å². The summed E-state index contributed by atoms with van der Waals surface area (Å²) < 4.78 is 7.05. The molecular formula is C15H15BrClNO. The molecule has 2 nitrogen and oxygen atoms in total. The fourth-order valence-corrected chi connectivity index (χ4v) is 3.56. The summed E-state index contributed by atoms with van der Waals surface area (Å²) in [6, 6.07) is 4.65. The lowest BCUT2D eigenvalue weighted by molar-refractivity contribution is 0.505. The lowest BCUT2D eigenvalue weighted by Gasteiger charge is -2.02. The van der Waals surface area contributed by atoms with E-state index in [-0.39, 0.29) is 0 Å². The Kier molecular flexibility index (Phi) is 2.90. The Morgan fingerprint density at radius 3 is 2.74 bits per heavy atom. The van der Waals surface area contributed by atoms with Crippen LogP contribution in [0.1, 0.15) is 42.9 Å². The summed E-state index contributed by atoms with van der Waals surface area (Å²) >= 11 is 9.74. The predicted octanol–water partition coefficient (Wildman–Crippen LogP) is 4.98. The van der Waals surface area contributed by atoms with Crippen LogP contribution in [0.2, 0.25) is 5.02 Å². The van der Waals surface area contributed by atoms with Crippen LogP contribution in [0.25, 0.3) is 11.0 Å². The number of fused-ring (bicyclic) bond motifs is 1. The van der Waals surface area contributed by atoms with E-state index in [4.69, 9.17) is 16.0 Å². The maximum Gasteiger partial charge on any atom is 0.148 e. The van der Waals surface area contributed by atoms with Crippen LogP contribution >= 0.6 is 27.5 Å². The zero-order valence-corrected chi connectivity index (χ0v) is 12.9. The van der Waals surface area contributed by atoms with Crippen molar-refractivity contribution in [2.24, 2.45) is 0 Å². The minimum absolute atomic E-state index is 0.669. The number of rotatable bonds is 4. The summed E-state index contributed by atoms with van der Waals surface area (Å²) in [5.74, 6) is 1.77. The molecule has 0 bridgehead atoms. The number of halogens is 2. The van der Waals surface area contributed by atoms with Crippen molar-refractivity contribution >= 4 is 38.5 Å². The molecule has 1 aromatic carbocycles. The van der Waals surface area contributed by atoms with Crippen LogP contribution in [-0.4, -0.2) is 6.04 Å². The van der Waals surface area contributed by atoms with Crippen LogP contribution in [0, 0.1) is 0 Å². The third-order valence-corrected chi connectivity index (χ3v) is 4.75. The summed E-state index contributed by atoms with van der Waals surface area (Å²) in [6.07, 6.45) is 5.15. The van der Waals surface area contributed by atoms with E-state index in [0.29, 0.717) is 12.0 Å². The second-order valence-corrected chi connectivity index (χ2v) is 6.92. The van der Waals surface area contributed by atoms with Gasteiger partial charge in [0.05, 0.1) is 11.0 Å². The Labute approximate surface area is 125 Å². The number of hydrogen-bond acceptors (Lipinski definition) is 2. The van der Waals surface area contributed by atoms with Crippen molar-refractivity contribution in [1.29, 1.82) is 0 Å². The lowest BCUT2D eigenvalue weighted by atomic mass is 10.1. The van der Waals surface area contributed by atoms with Crippen LogP contribution in [0.5, 0.6) is 0 Å². The van der Waals surface area contributed by atoms with Gasteiger partial charge in [-0.15, -0.1) is 0 Å². The molecule has 0 saturated heterocycles. The summed E-state index contributed by atoms with van der Waals surface area (Å²) in [4.78, 5) is 0. The Bertz CT molecular complexity index is 643. The quantitative estimate of drug-likeness (QED) is 0.849. The molecule has 2 aliphatic rings. The van der Waals surface area contributed by atoms with Gasteiger partial charge >= 0.3 is 0 Å². The minimum Gasteiger partial charge on any atom is -0.458 e. The smallest absolute Gasteiger partial charge is 0.148 e. The van der Waals surface area contributed by atoms with E-state index in [1.54, 1.807) is 0 Å². The van der Waals surface area contributed by atoms with Crippen LogP contribution in [0.15, 0.2) is 21.0 Å². The molecule has 0 amide bonds. The molecule has 0 aliphatic heterocycles. The molecule has 1 N–H and O–H groups in total. The Balaban J connectivity index is 1.81. The van der Waals surface area contributed by atoms with E-state index in [1.807, 2.05) is 12.1 Å². The van der Waals surface area contributed by atoms with Gasteiger partial charge in [-0.3, -0.25) is 0 Å². The number of benzene rings is 1. The molecule has 0 atom stereocenters. The van der Waals surface area contributed by atoms with Gasteiger partial charge in [0, 0.05) is 22.0 Å². The van der Waals surface area contributed by atoms with Gasteiger partial charge in [-0.25, -0.2) is 0 Å². The predicted molar refractivity (Wildman–Crippen MR) is 80.8 cm³/mol. The maximum absolute atomic E-state index is 6.18. The second kappa shape index (κ2) is 4.51. The SMILES string of the molecule is Clc1cc(Br)c2oc(CNC3CC3)c(C3CC3)c2c1. The van der Waals surface area contributed by atoms with Gasteiger partial charge in [-0.05, 0) is 59.7 Å². The largest absolute Gasteiger partial charge is 0.458 e. The molecule has 2 fully saturated rings. The highest BCUT2D eigenvalue weighted by Crippen LogP contribution is 2.48. The molecule has 2 aliphatic carbocycles. The van der Waals surface area contributed by atoms with Crippen LogP contribution in [0.4, 0.5) is 0 Å². The first kappa shape index (κ1) is 12.2. The maximum atomic E-state index is 6.18. The number of furan rings is 1. The summed E-state index contributed by atoms with van der Waals surface area (Å²) in [6.45, 7) is 0.842. The molecule has 0 spiro atoms. The molecule has 100 valence electrons. The average molecular weight is 341 g/mol. The molecule has 2 aromatic rings. The fourth-order valence-electron chi connectivity index (χ4n) is 2.67. The fraction of sp³-hybridized carbons (Fsp3) is 0.467. The highest BCUT2D eigenvalue weighted by Gasteiger charge is 2.32. The Hall–Kier alpha value is -0.510. The van der Waals surface area contributed by atoms with Crippen molar-refractivity contribution in [1.82, 2.24) is 5.32 Å². The number of nitrogens with one attached hydrogen (secondary N) is 1. The molecule has 4 heteroatoms. The van der Waals surface area contributed by atoms with Crippen LogP contribution in [-0.2, 0) is 6.54 Å². The highest BCUT2D eigenvalue weighted by atomic mass is 79.9. The van der Waals surface area contributed by atoms with Gasteiger partial charge in [0.1, 0.15) is 11.3 Å². The van der Waals surface area contributed by atoms with Crippen LogP contribution in [0.3, 0.4) is 0 Å². The molecule has 1 heterocycles. The molecule has 4 rings (SSSR count). The molecule has 0 unspecified atom stereocenters. The molecular weight excluding hydrogens is 326 g/mol. The van der Waals surface area contributed by atoms with Crippen molar-refractivity contribution in [3.63, 3.8) is 0 Å². The highest BCUT2D eigenvalue weighted by molar-refractivity contribution is 9.10. The van der Waals surface area contributed by atoms with Crippen molar-refractivity contribution in [2.45, 2.75) is 44.2 Å². The molecule has 19 heavy (non-hydrogen) atoms. The van der Waals surface area contributed by atoms with Gasteiger partial charge < -0.3 is 9.73 Å². The molecule has 2 saturated carbocycles. The Morgan fingerprint density at radius 1 is 1.26 bits per heavy atom. The second-order valence-electron chi connectivity index (χ2n) is 5.63. The zero-order chi connectivity index (χ0) is 13.0. The van der Waals surface area contributed by atoms with Crippen molar-refractivity contribution in [3.05, 3.63) is 33.0 Å². The molecule has 1 aromatic heterocycles. The first-order valence-electron chi connectivity index (χ1n) is 6.86. The summed E-state index contributed by atoms with van der Waals surface area (Å²) in [5.41, 5.74) is 2.32. The Morgan fingerprint density at radius 2 is 2.05 bits per heavy atom. The zero-order valence-electron chi connectivity index (χ0n) is 10.5. The average Bonchev–Trinajstić information content (AvgIpc) is 3.26. The van der Waals surface area contributed by atoms with Crippen molar-refractivity contribution < 1.29 is 4.42 Å². The summed E-state index contributed by atoms with van der Waals surface area (Å²) in [7, 11) is 0. The molecule has 0 radical (unpaired) electrons. The standard InChI is InChI=1S/C15H15BrClNO/c16-12-6-9(17)5-11-14(8-1-2-8)13(19-15(11)12)7-18-10-3-4-10/h5-6,8,10,18H,1-4,7H2. The first-order valence-corrected chi connectivity index (χ1v) is 8.03. The van der Waals surface area contributed by atoms with E-state index < -0.39 is 0 Å². The van der Waals surface area contributed by atoms with Gasteiger partial charge in [-0.2, -0.15) is 0 Å². The third-order valence-electron chi connectivity index (χ3n) is 3.94. The summed E-state index contributed by atoms with van der Waals surface area (Å²) in [5, 5.41) is 5.51.